The number of halogens is 3. The molecule has 0 radical (unpaired) electrons. The summed E-state index contributed by atoms with van der Waals surface area (Å²) in [6.07, 6.45) is 5.79. The summed E-state index contributed by atoms with van der Waals surface area (Å²) < 4.78 is 37.2. The molecule has 120 valence electrons. The summed E-state index contributed by atoms with van der Waals surface area (Å²) in [7, 11) is 0. The Labute approximate surface area is 125 Å². The molecule has 0 heterocycles. The van der Waals surface area contributed by atoms with E-state index in [-0.39, 0.29) is 0 Å². The minimum absolute atomic E-state index is 0.597. The van der Waals surface area contributed by atoms with Crippen molar-refractivity contribution in [3.8, 4) is 0 Å². The molecule has 0 aliphatic carbocycles. The molecule has 0 atom stereocenters. The van der Waals surface area contributed by atoms with E-state index in [1.807, 2.05) is 0 Å². The molecule has 1 N–H and O–H groups in total. The Kier molecular flexibility index (Phi) is 8.24. The Balaban J connectivity index is 2.08. The maximum atomic E-state index is 12.4. The summed E-state index contributed by atoms with van der Waals surface area (Å²) in [6, 6.07) is 5.23. The Hall–Kier alpha value is -1.19. The molecule has 1 nitrogen and oxygen atoms in total. The van der Waals surface area contributed by atoms with Gasteiger partial charge in [-0.3, -0.25) is 0 Å². The fourth-order valence-electron chi connectivity index (χ4n) is 2.27. The molecule has 0 amide bonds. The highest BCUT2D eigenvalue weighted by Crippen LogP contribution is 2.29. The van der Waals surface area contributed by atoms with Gasteiger partial charge in [0, 0.05) is 12.2 Å². The normalized spacial score (nSPS) is 11.6. The molecule has 0 saturated heterocycles. The summed E-state index contributed by atoms with van der Waals surface area (Å²) in [4.78, 5) is 0. The maximum Gasteiger partial charge on any atom is 0.416 e. The van der Waals surface area contributed by atoms with E-state index >= 15 is 0 Å². The second-order valence-corrected chi connectivity index (χ2v) is 5.48. The number of hydrogen-bond donors (Lipinski definition) is 1. The summed E-state index contributed by atoms with van der Waals surface area (Å²) >= 11 is 0. The third-order valence-corrected chi connectivity index (χ3v) is 3.57. The number of alkyl halides is 3. The van der Waals surface area contributed by atoms with Crippen LogP contribution in [0.5, 0.6) is 0 Å². The number of benzene rings is 1. The Morgan fingerprint density at radius 3 is 1.86 bits per heavy atom. The predicted octanol–water partition coefficient (Wildman–Crippen LogP) is 6.26. The lowest BCUT2D eigenvalue weighted by Crippen LogP contribution is -2.05. The molecule has 1 aromatic rings. The molecule has 0 bridgehead atoms. The average Bonchev–Trinajstić information content (AvgIpc) is 2.45. The van der Waals surface area contributed by atoms with E-state index in [1.165, 1.54) is 57.1 Å². The fraction of sp³-hybridized carbons (Fsp3) is 0.647. The van der Waals surface area contributed by atoms with Crippen LogP contribution in [0.1, 0.15) is 63.9 Å². The van der Waals surface area contributed by atoms with E-state index in [0.717, 1.165) is 30.8 Å². The molecule has 0 aromatic heterocycles. The van der Waals surface area contributed by atoms with Gasteiger partial charge in [-0.2, -0.15) is 13.2 Å². The summed E-state index contributed by atoms with van der Waals surface area (Å²) in [5.41, 5.74) is 0.158. The van der Waals surface area contributed by atoms with Crippen LogP contribution in [0.4, 0.5) is 18.9 Å². The van der Waals surface area contributed by atoms with Crippen LogP contribution in [0.25, 0.3) is 0 Å². The highest BCUT2D eigenvalue weighted by atomic mass is 19.4. The minimum Gasteiger partial charge on any atom is -0.385 e. The lowest BCUT2D eigenvalue weighted by atomic mass is 10.1. The predicted molar refractivity (Wildman–Crippen MR) is 82.5 cm³/mol. The van der Waals surface area contributed by atoms with Gasteiger partial charge in [0.05, 0.1) is 5.56 Å². The first-order valence-corrected chi connectivity index (χ1v) is 7.95. The second kappa shape index (κ2) is 9.69. The lowest BCUT2D eigenvalue weighted by Gasteiger charge is -2.09. The summed E-state index contributed by atoms with van der Waals surface area (Å²) in [6.45, 7) is 3.03. The second-order valence-electron chi connectivity index (χ2n) is 5.48. The number of hydrogen-bond acceptors (Lipinski definition) is 1. The first kappa shape index (κ1) is 17.9. The van der Waals surface area contributed by atoms with Crippen LogP contribution < -0.4 is 5.32 Å². The molecule has 1 aromatic carbocycles. The van der Waals surface area contributed by atoms with Gasteiger partial charge in [0.25, 0.3) is 0 Å². The van der Waals surface area contributed by atoms with Gasteiger partial charge in [-0.1, -0.05) is 51.9 Å². The molecule has 0 aliphatic heterocycles. The number of rotatable bonds is 10. The van der Waals surface area contributed by atoms with Gasteiger partial charge < -0.3 is 5.32 Å². The third kappa shape index (κ3) is 7.98. The molecule has 0 unspecified atom stereocenters. The van der Waals surface area contributed by atoms with E-state index in [4.69, 9.17) is 0 Å². The molecule has 0 saturated carbocycles. The zero-order valence-corrected chi connectivity index (χ0v) is 12.8. The quantitative estimate of drug-likeness (QED) is 0.503. The molecule has 4 heteroatoms. The van der Waals surface area contributed by atoms with E-state index < -0.39 is 11.7 Å². The number of nitrogens with one attached hydrogen (secondary N) is 1. The van der Waals surface area contributed by atoms with Crippen molar-refractivity contribution in [1.82, 2.24) is 0 Å². The summed E-state index contributed by atoms with van der Waals surface area (Å²) in [5, 5.41) is 3.17. The Bertz CT molecular complexity index is 371. The van der Waals surface area contributed by atoms with E-state index in [2.05, 4.69) is 12.2 Å². The molecule has 0 fully saturated rings. The van der Waals surface area contributed by atoms with Gasteiger partial charge in [0.1, 0.15) is 0 Å². The van der Waals surface area contributed by atoms with Crippen molar-refractivity contribution in [2.75, 3.05) is 11.9 Å². The first-order chi connectivity index (χ1) is 10.0. The van der Waals surface area contributed by atoms with Crippen LogP contribution in [-0.2, 0) is 6.18 Å². The van der Waals surface area contributed by atoms with Crippen molar-refractivity contribution < 1.29 is 13.2 Å². The van der Waals surface area contributed by atoms with Gasteiger partial charge in [-0.25, -0.2) is 0 Å². The standard InChI is InChI=1S/C17H26F3N/c1-2-3-4-5-6-7-8-9-14-21-16-12-10-15(11-13-16)17(18,19)20/h10-13,21H,2-9,14H2,1H3. The molecular weight excluding hydrogens is 275 g/mol. The smallest absolute Gasteiger partial charge is 0.385 e. The monoisotopic (exact) mass is 301 g/mol. The van der Waals surface area contributed by atoms with Crippen molar-refractivity contribution in [3.63, 3.8) is 0 Å². The highest BCUT2D eigenvalue weighted by Gasteiger charge is 2.29. The minimum atomic E-state index is -4.25. The topological polar surface area (TPSA) is 12.0 Å². The maximum absolute atomic E-state index is 12.4. The highest BCUT2D eigenvalue weighted by molar-refractivity contribution is 5.44. The van der Waals surface area contributed by atoms with E-state index in [9.17, 15) is 13.2 Å². The van der Waals surface area contributed by atoms with Crippen molar-refractivity contribution in [2.24, 2.45) is 0 Å². The van der Waals surface area contributed by atoms with E-state index in [1.54, 1.807) is 0 Å². The van der Waals surface area contributed by atoms with Crippen LogP contribution in [0, 0.1) is 0 Å². The number of anilines is 1. The van der Waals surface area contributed by atoms with Gasteiger partial charge in [-0.15, -0.1) is 0 Å². The third-order valence-electron chi connectivity index (χ3n) is 3.57. The zero-order valence-electron chi connectivity index (χ0n) is 12.8. The van der Waals surface area contributed by atoms with Crippen molar-refractivity contribution in [1.29, 1.82) is 0 Å². The molecule has 0 spiro atoms. The van der Waals surface area contributed by atoms with Crippen molar-refractivity contribution in [3.05, 3.63) is 29.8 Å². The van der Waals surface area contributed by atoms with Gasteiger partial charge in [0.15, 0.2) is 0 Å². The summed E-state index contributed by atoms with van der Waals surface area (Å²) in [5.74, 6) is 0. The van der Waals surface area contributed by atoms with Crippen LogP contribution >= 0.6 is 0 Å². The van der Waals surface area contributed by atoms with Gasteiger partial charge in [0.2, 0.25) is 0 Å². The fourth-order valence-corrected chi connectivity index (χ4v) is 2.27. The molecular formula is C17H26F3N. The first-order valence-electron chi connectivity index (χ1n) is 7.95. The molecule has 1 rings (SSSR count). The van der Waals surface area contributed by atoms with Crippen LogP contribution in [0.3, 0.4) is 0 Å². The number of unbranched alkanes of at least 4 members (excludes halogenated alkanes) is 7. The average molecular weight is 301 g/mol. The molecule has 0 aliphatic rings. The van der Waals surface area contributed by atoms with Crippen LogP contribution in [0.2, 0.25) is 0 Å². The Morgan fingerprint density at radius 2 is 1.33 bits per heavy atom. The zero-order chi connectivity index (χ0) is 15.6. The Morgan fingerprint density at radius 1 is 0.810 bits per heavy atom. The van der Waals surface area contributed by atoms with Crippen molar-refractivity contribution >= 4 is 5.69 Å². The van der Waals surface area contributed by atoms with Crippen LogP contribution in [0.15, 0.2) is 24.3 Å². The lowest BCUT2D eigenvalue weighted by molar-refractivity contribution is -0.137. The largest absolute Gasteiger partial charge is 0.416 e. The van der Waals surface area contributed by atoms with Crippen LogP contribution in [-0.4, -0.2) is 6.54 Å². The van der Waals surface area contributed by atoms with Crippen molar-refractivity contribution in [2.45, 2.75) is 64.5 Å². The molecule has 21 heavy (non-hydrogen) atoms. The van der Waals surface area contributed by atoms with E-state index in [0.29, 0.717) is 0 Å². The van der Waals surface area contributed by atoms with Gasteiger partial charge in [-0.05, 0) is 30.7 Å². The van der Waals surface area contributed by atoms with Gasteiger partial charge >= 0.3 is 6.18 Å². The SMILES string of the molecule is CCCCCCCCCCNc1ccc(C(F)(F)F)cc1.